The number of anilines is 1. The molecular formula is C24H26N4O. The second-order valence-corrected chi connectivity index (χ2v) is 7.63. The van der Waals surface area contributed by atoms with Crippen LogP contribution < -0.4 is 4.90 Å². The molecule has 148 valence electrons. The highest BCUT2D eigenvalue weighted by atomic mass is 16.2. The fourth-order valence-corrected chi connectivity index (χ4v) is 3.79. The number of rotatable bonds is 4. The minimum absolute atomic E-state index is 0.191. The van der Waals surface area contributed by atoms with Gasteiger partial charge in [-0.1, -0.05) is 54.1 Å². The standard InChI is InChI=1S/C24H26N4O/c1-18-6-5-8-20(16-18)17-24(29)28-14-12-27(13-15-28)23-11-10-22(25-26-23)21-9-4-3-7-19(21)2/h3-11,16H,12-15,17H2,1-2H3. The lowest BCUT2D eigenvalue weighted by Gasteiger charge is -2.35. The van der Waals surface area contributed by atoms with E-state index in [0.717, 1.165) is 35.7 Å². The number of aromatic nitrogens is 2. The van der Waals surface area contributed by atoms with Gasteiger partial charge in [0.1, 0.15) is 0 Å². The highest BCUT2D eigenvalue weighted by molar-refractivity contribution is 5.79. The lowest BCUT2D eigenvalue weighted by atomic mass is 10.1. The van der Waals surface area contributed by atoms with Gasteiger partial charge in [-0.2, -0.15) is 0 Å². The van der Waals surface area contributed by atoms with Gasteiger partial charge >= 0.3 is 0 Å². The summed E-state index contributed by atoms with van der Waals surface area (Å²) in [5.41, 5.74) is 5.45. The molecule has 0 radical (unpaired) electrons. The van der Waals surface area contributed by atoms with E-state index in [4.69, 9.17) is 0 Å². The van der Waals surface area contributed by atoms with Crippen molar-refractivity contribution in [2.24, 2.45) is 0 Å². The van der Waals surface area contributed by atoms with Crippen molar-refractivity contribution in [3.8, 4) is 11.3 Å². The first-order chi connectivity index (χ1) is 14.1. The molecule has 0 aliphatic carbocycles. The van der Waals surface area contributed by atoms with Gasteiger partial charge < -0.3 is 9.80 Å². The summed E-state index contributed by atoms with van der Waals surface area (Å²) in [6.07, 6.45) is 0.465. The van der Waals surface area contributed by atoms with Crippen LogP contribution in [0.5, 0.6) is 0 Å². The Labute approximate surface area is 172 Å². The SMILES string of the molecule is Cc1cccc(CC(=O)N2CCN(c3ccc(-c4ccccc4C)nn3)CC2)c1. The molecule has 2 heterocycles. The van der Waals surface area contributed by atoms with Crippen LogP contribution in [-0.4, -0.2) is 47.2 Å². The molecule has 29 heavy (non-hydrogen) atoms. The number of amides is 1. The third-order valence-electron chi connectivity index (χ3n) is 5.47. The average molecular weight is 386 g/mol. The monoisotopic (exact) mass is 386 g/mol. The predicted octanol–water partition coefficient (Wildman–Crippen LogP) is 3.65. The van der Waals surface area contributed by atoms with Crippen LogP contribution in [0.2, 0.25) is 0 Å². The molecule has 2 aromatic carbocycles. The lowest BCUT2D eigenvalue weighted by molar-refractivity contribution is -0.130. The fraction of sp³-hybridized carbons (Fsp3) is 0.292. The van der Waals surface area contributed by atoms with Gasteiger partial charge in [-0.05, 0) is 37.1 Å². The molecule has 0 N–H and O–H groups in total. The number of piperazine rings is 1. The van der Waals surface area contributed by atoms with Crippen LogP contribution in [0.1, 0.15) is 16.7 Å². The van der Waals surface area contributed by atoms with E-state index >= 15 is 0 Å². The largest absolute Gasteiger partial charge is 0.352 e. The zero-order valence-corrected chi connectivity index (χ0v) is 17.0. The minimum Gasteiger partial charge on any atom is -0.352 e. The molecule has 4 rings (SSSR count). The van der Waals surface area contributed by atoms with E-state index in [1.165, 1.54) is 11.1 Å². The van der Waals surface area contributed by atoms with E-state index in [9.17, 15) is 4.79 Å². The maximum absolute atomic E-state index is 12.6. The van der Waals surface area contributed by atoms with Crippen LogP contribution >= 0.6 is 0 Å². The zero-order valence-electron chi connectivity index (χ0n) is 17.0. The second-order valence-electron chi connectivity index (χ2n) is 7.63. The molecule has 0 bridgehead atoms. The smallest absolute Gasteiger partial charge is 0.227 e. The first-order valence-electron chi connectivity index (χ1n) is 10.1. The van der Waals surface area contributed by atoms with E-state index < -0.39 is 0 Å². The van der Waals surface area contributed by atoms with Gasteiger partial charge in [0.25, 0.3) is 0 Å². The Hall–Kier alpha value is -3.21. The fourth-order valence-electron chi connectivity index (χ4n) is 3.79. The van der Waals surface area contributed by atoms with Crippen LogP contribution in [0.3, 0.4) is 0 Å². The number of hydrogen-bond acceptors (Lipinski definition) is 4. The first kappa shape index (κ1) is 19.1. The number of hydrogen-bond donors (Lipinski definition) is 0. The Bertz CT molecular complexity index is 992. The number of benzene rings is 2. The van der Waals surface area contributed by atoms with Crippen molar-refractivity contribution in [2.45, 2.75) is 20.3 Å². The molecule has 5 heteroatoms. The van der Waals surface area contributed by atoms with E-state index in [1.54, 1.807) is 0 Å². The van der Waals surface area contributed by atoms with Gasteiger partial charge in [-0.25, -0.2) is 0 Å². The molecule has 0 saturated carbocycles. The van der Waals surface area contributed by atoms with Crippen LogP contribution in [0.25, 0.3) is 11.3 Å². The van der Waals surface area contributed by atoms with Gasteiger partial charge in [0, 0.05) is 31.7 Å². The van der Waals surface area contributed by atoms with Crippen molar-refractivity contribution in [1.82, 2.24) is 15.1 Å². The van der Waals surface area contributed by atoms with Gasteiger partial charge in [0.15, 0.2) is 5.82 Å². The predicted molar refractivity (Wildman–Crippen MR) is 116 cm³/mol. The quantitative estimate of drug-likeness (QED) is 0.687. The third kappa shape index (κ3) is 4.45. The molecule has 0 spiro atoms. The summed E-state index contributed by atoms with van der Waals surface area (Å²) in [5, 5.41) is 8.87. The second kappa shape index (κ2) is 8.43. The molecule has 1 saturated heterocycles. The topological polar surface area (TPSA) is 49.3 Å². The van der Waals surface area contributed by atoms with Crippen LogP contribution in [0.15, 0.2) is 60.7 Å². The van der Waals surface area contributed by atoms with Gasteiger partial charge in [-0.3, -0.25) is 4.79 Å². The summed E-state index contributed by atoms with van der Waals surface area (Å²) in [5.74, 6) is 1.06. The van der Waals surface area contributed by atoms with Crippen molar-refractivity contribution in [3.05, 3.63) is 77.4 Å². The minimum atomic E-state index is 0.191. The maximum Gasteiger partial charge on any atom is 0.227 e. The van der Waals surface area contributed by atoms with E-state index in [-0.39, 0.29) is 5.91 Å². The lowest BCUT2D eigenvalue weighted by Crippen LogP contribution is -2.49. The van der Waals surface area contributed by atoms with Gasteiger partial charge in [0.2, 0.25) is 5.91 Å². The summed E-state index contributed by atoms with van der Waals surface area (Å²) in [6.45, 7) is 7.11. The van der Waals surface area contributed by atoms with E-state index in [0.29, 0.717) is 19.5 Å². The highest BCUT2D eigenvalue weighted by Gasteiger charge is 2.22. The molecular weight excluding hydrogens is 360 g/mol. The maximum atomic E-state index is 12.6. The van der Waals surface area contributed by atoms with Crippen LogP contribution in [-0.2, 0) is 11.2 Å². The van der Waals surface area contributed by atoms with Crippen LogP contribution in [0.4, 0.5) is 5.82 Å². The van der Waals surface area contributed by atoms with Gasteiger partial charge in [0.05, 0.1) is 12.1 Å². The number of nitrogens with zero attached hydrogens (tertiary/aromatic N) is 4. The summed E-state index contributed by atoms with van der Waals surface area (Å²) < 4.78 is 0. The summed E-state index contributed by atoms with van der Waals surface area (Å²) in [7, 11) is 0. The molecule has 0 unspecified atom stereocenters. The molecule has 1 aliphatic heterocycles. The van der Waals surface area contributed by atoms with Crippen molar-refractivity contribution in [1.29, 1.82) is 0 Å². The Morgan fingerprint density at radius 2 is 1.69 bits per heavy atom. The normalized spacial score (nSPS) is 14.1. The van der Waals surface area contributed by atoms with Crippen molar-refractivity contribution >= 4 is 11.7 Å². The number of carbonyl (C=O) groups excluding carboxylic acids is 1. The molecule has 1 aromatic heterocycles. The molecule has 0 atom stereocenters. The molecule has 1 amide bonds. The summed E-state index contributed by atoms with van der Waals surface area (Å²) >= 11 is 0. The summed E-state index contributed by atoms with van der Waals surface area (Å²) in [4.78, 5) is 16.8. The Balaban J connectivity index is 1.36. The zero-order chi connectivity index (χ0) is 20.2. The van der Waals surface area contributed by atoms with Gasteiger partial charge in [-0.15, -0.1) is 10.2 Å². The number of aryl methyl sites for hydroxylation is 2. The van der Waals surface area contributed by atoms with Crippen molar-refractivity contribution in [3.63, 3.8) is 0 Å². The van der Waals surface area contributed by atoms with Crippen molar-refractivity contribution in [2.75, 3.05) is 31.1 Å². The summed E-state index contributed by atoms with van der Waals surface area (Å²) in [6, 6.07) is 20.4. The molecule has 5 nitrogen and oxygen atoms in total. The van der Waals surface area contributed by atoms with Crippen molar-refractivity contribution < 1.29 is 4.79 Å². The van der Waals surface area contributed by atoms with E-state index in [2.05, 4.69) is 53.2 Å². The Morgan fingerprint density at radius 3 is 2.38 bits per heavy atom. The highest BCUT2D eigenvalue weighted by Crippen LogP contribution is 2.22. The van der Waals surface area contributed by atoms with Crippen LogP contribution in [0, 0.1) is 13.8 Å². The number of carbonyl (C=O) groups is 1. The Kier molecular flexibility index (Phi) is 5.56. The Morgan fingerprint density at radius 1 is 0.897 bits per heavy atom. The molecule has 3 aromatic rings. The molecule has 1 fully saturated rings. The molecule has 1 aliphatic rings. The first-order valence-corrected chi connectivity index (χ1v) is 10.1. The van der Waals surface area contributed by atoms with E-state index in [1.807, 2.05) is 41.3 Å². The third-order valence-corrected chi connectivity index (χ3v) is 5.47. The average Bonchev–Trinajstić information content (AvgIpc) is 2.74.